The van der Waals surface area contributed by atoms with Gasteiger partial charge in [-0.2, -0.15) is 0 Å². The van der Waals surface area contributed by atoms with E-state index < -0.39 is 0 Å². The first-order valence-corrected chi connectivity index (χ1v) is 3.77. The average molecular weight is 155 g/mol. The van der Waals surface area contributed by atoms with Crippen LogP contribution >= 0.6 is 11.9 Å². The van der Waals surface area contributed by atoms with Crippen LogP contribution in [0.2, 0.25) is 0 Å². The van der Waals surface area contributed by atoms with Gasteiger partial charge in [0.05, 0.1) is 0 Å². The molecule has 0 saturated heterocycles. The number of nitrogens with one attached hydrogen (secondary N) is 1. The summed E-state index contributed by atoms with van der Waals surface area (Å²) in [6.45, 7) is 2.03. The van der Waals surface area contributed by atoms with Crippen molar-refractivity contribution in [2.45, 2.75) is 11.8 Å². The van der Waals surface area contributed by atoms with Crippen LogP contribution in [0, 0.1) is 6.92 Å². The molecule has 2 nitrogen and oxygen atoms in total. The maximum absolute atomic E-state index is 8.30. The summed E-state index contributed by atoms with van der Waals surface area (Å²) < 4.78 is 0. The lowest BCUT2D eigenvalue weighted by atomic mass is 10.2. The highest BCUT2D eigenvalue weighted by Crippen LogP contribution is 2.13. The fourth-order valence-electron chi connectivity index (χ4n) is 0.659. The van der Waals surface area contributed by atoms with Gasteiger partial charge in [-0.1, -0.05) is 17.7 Å². The van der Waals surface area contributed by atoms with Crippen LogP contribution in [0.1, 0.15) is 5.56 Å². The van der Waals surface area contributed by atoms with Gasteiger partial charge >= 0.3 is 0 Å². The molecular weight excluding hydrogens is 146 g/mol. The minimum absolute atomic E-state index is 1.01. The zero-order valence-electron chi connectivity index (χ0n) is 5.66. The molecule has 0 aliphatic carbocycles. The number of benzene rings is 1. The maximum Gasteiger partial charge on any atom is 0.0249 e. The summed E-state index contributed by atoms with van der Waals surface area (Å²) in [5, 5.41) is 8.30. The molecule has 1 aromatic carbocycles. The van der Waals surface area contributed by atoms with Crippen LogP contribution in [0.3, 0.4) is 0 Å². The largest absolute Gasteiger partial charge is 0.306 e. The number of rotatable bonds is 2. The molecule has 0 aliphatic heterocycles. The molecule has 1 rings (SSSR count). The van der Waals surface area contributed by atoms with Crippen LogP contribution in [0.4, 0.5) is 0 Å². The van der Waals surface area contributed by atoms with Crippen LogP contribution in [-0.4, -0.2) is 5.21 Å². The molecule has 3 heteroatoms. The van der Waals surface area contributed by atoms with Gasteiger partial charge in [0.1, 0.15) is 0 Å². The molecule has 1 aromatic rings. The highest BCUT2D eigenvalue weighted by atomic mass is 32.2. The van der Waals surface area contributed by atoms with Crippen molar-refractivity contribution in [1.82, 2.24) is 4.89 Å². The highest BCUT2D eigenvalue weighted by Gasteiger charge is 1.89. The van der Waals surface area contributed by atoms with Crippen molar-refractivity contribution in [3.8, 4) is 0 Å². The Morgan fingerprint density at radius 3 is 2.40 bits per heavy atom. The zero-order chi connectivity index (χ0) is 7.40. The molecular formula is C7H9NOS. The summed E-state index contributed by atoms with van der Waals surface area (Å²) in [4.78, 5) is 3.03. The van der Waals surface area contributed by atoms with E-state index >= 15 is 0 Å². The SMILES string of the molecule is Cc1ccc(SNO)cc1. The summed E-state index contributed by atoms with van der Waals surface area (Å²) in [6, 6.07) is 7.89. The van der Waals surface area contributed by atoms with Gasteiger partial charge in [0.25, 0.3) is 0 Å². The molecule has 2 N–H and O–H groups in total. The summed E-state index contributed by atoms with van der Waals surface area (Å²) in [6.07, 6.45) is 0. The van der Waals surface area contributed by atoms with Crippen molar-refractivity contribution in [2.75, 3.05) is 0 Å². The Balaban J connectivity index is 2.69. The Labute approximate surface area is 64.4 Å². The van der Waals surface area contributed by atoms with E-state index in [4.69, 9.17) is 5.21 Å². The second-order valence-corrected chi connectivity index (χ2v) is 2.86. The summed E-state index contributed by atoms with van der Waals surface area (Å²) in [5.74, 6) is 0. The zero-order valence-corrected chi connectivity index (χ0v) is 6.48. The maximum atomic E-state index is 8.30. The Kier molecular flexibility index (Phi) is 2.74. The first kappa shape index (κ1) is 7.60. The van der Waals surface area contributed by atoms with E-state index in [1.165, 1.54) is 17.5 Å². The summed E-state index contributed by atoms with van der Waals surface area (Å²) in [7, 11) is 0. The Morgan fingerprint density at radius 1 is 1.30 bits per heavy atom. The number of hydrogen-bond acceptors (Lipinski definition) is 3. The summed E-state index contributed by atoms with van der Waals surface area (Å²) in [5.41, 5.74) is 1.22. The lowest BCUT2D eigenvalue weighted by Crippen LogP contribution is -1.91. The van der Waals surface area contributed by atoms with Gasteiger partial charge in [0.2, 0.25) is 0 Å². The monoisotopic (exact) mass is 155 g/mol. The minimum Gasteiger partial charge on any atom is -0.306 e. The Bertz CT molecular complexity index is 197. The van der Waals surface area contributed by atoms with Crippen LogP contribution in [-0.2, 0) is 0 Å². The lowest BCUT2D eigenvalue weighted by Gasteiger charge is -1.96. The third-order valence-corrected chi connectivity index (χ3v) is 1.78. The van der Waals surface area contributed by atoms with Gasteiger partial charge in [-0.25, -0.2) is 0 Å². The molecule has 0 fully saturated rings. The molecule has 54 valence electrons. The number of hydrogen-bond donors (Lipinski definition) is 2. The lowest BCUT2D eigenvalue weighted by molar-refractivity contribution is 0.258. The standard InChI is InChI=1S/C7H9NOS/c1-6-2-4-7(5-3-6)10-8-9/h2-5,8-9H,1H3. The Hall–Kier alpha value is -0.510. The molecule has 10 heavy (non-hydrogen) atoms. The highest BCUT2D eigenvalue weighted by molar-refractivity contribution is 7.97. The van der Waals surface area contributed by atoms with E-state index in [0.29, 0.717) is 0 Å². The third-order valence-electron chi connectivity index (χ3n) is 1.18. The van der Waals surface area contributed by atoms with E-state index in [2.05, 4.69) is 0 Å². The second-order valence-electron chi connectivity index (χ2n) is 2.01. The molecule has 0 unspecified atom stereocenters. The van der Waals surface area contributed by atoms with Gasteiger partial charge in [-0.3, -0.25) is 0 Å². The van der Waals surface area contributed by atoms with Gasteiger partial charge in [0.15, 0.2) is 0 Å². The van der Waals surface area contributed by atoms with Crippen LogP contribution in [0.15, 0.2) is 29.2 Å². The van der Waals surface area contributed by atoms with E-state index in [1.54, 1.807) is 0 Å². The molecule has 0 spiro atoms. The predicted octanol–water partition coefficient (Wildman–Crippen LogP) is 1.98. The van der Waals surface area contributed by atoms with Crippen LogP contribution in [0.5, 0.6) is 0 Å². The molecule has 0 aliphatic rings. The Morgan fingerprint density at radius 2 is 1.90 bits per heavy atom. The smallest absolute Gasteiger partial charge is 0.0249 e. The van der Waals surface area contributed by atoms with Gasteiger partial charge in [0, 0.05) is 4.90 Å². The van der Waals surface area contributed by atoms with Crippen LogP contribution in [0.25, 0.3) is 0 Å². The fourth-order valence-corrected chi connectivity index (χ4v) is 1.04. The second kappa shape index (κ2) is 3.61. The van der Waals surface area contributed by atoms with Crippen molar-refractivity contribution >= 4 is 11.9 Å². The molecule has 0 aromatic heterocycles. The third kappa shape index (κ3) is 2.02. The van der Waals surface area contributed by atoms with Crippen molar-refractivity contribution < 1.29 is 5.21 Å². The van der Waals surface area contributed by atoms with E-state index in [0.717, 1.165) is 4.90 Å². The van der Waals surface area contributed by atoms with Crippen molar-refractivity contribution in [1.29, 1.82) is 0 Å². The quantitative estimate of drug-likeness (QED) is 0.506. The van der Waals surface area contributed by atoms with Crippen LogP contribution < -0.4 is 4.89 Å². The normalized spacial score (nSPS) is 9.80. The first-order chi connectivity index (χ1) is 4.83. The molecule has 0 amide bonds. The molecule has 0 saturated carbocycles. The van der Waals surface area contributed by atoms with E-state index in [1.807, 2.05) is 36.1 Å². The van der Waals surface area contributed by atoms with E-state index in [-0.39, 0.29) is 0 Å². The number of aryl methyl sites for hydroxylation is 1. The summed E-state index contributed by atoms with van der Waals surface area (Å²) >= 11 is 1.19. The van der Waals surface area contributed by atoms with Crippen molar-refractivity contribution in [2.24, 2.45) is 0 Å². The molecule has 0 heterocycles. The average Bonchev–Trinajstić information content (AvgIpc) is 1.95. The van der Waals surface area contributed by atoms with Gasteiger partial charge in [-0.15, -0.1) is 4.89 Å². The van der Waals surface area contributed by atoms with Crippen molar-refractivity contribution in [3.05, 3.63) is 29.8 Å². The topological polar surface area (TPSA) is 32.3 Å². The molecule has 0 bridgehead atoms. The first-order valence-electron chi connectivity index (χ1n) is 2.95. The van der Waals surface area contributed by atoms with Crippen molar-refractivity contribution in [3.63, 3.8) is 0 Å². The predicted molar refractivity (Wildman–Crippen MR) is 42.0 cm³/mol. The minimum atomic E-state index is 1.01. The van der Waals surface area contributed by atoms with E-state index in [9.17, 15) is 0 Å². The molecule has 0 atom stereocenters. The van der Waals surface area contributed by atoms with Gasteiger partial charge in [-0.05, 0) is 31.0 Å². The fraction of sp³-hybridized carbons (Fsp3) is 0.143. The molecule has 0 radical (unpaired) electrons. The van der Waals surface area contributed by atoms with Gasteiger partial charge < -0.3 is 5.21 Å².